The monoisotopic (exact) mass is 188 g/mol. The summed E-state index contributed by atoms with van der Waals surface area (Å²) in [4.78, 5) is 0. The molecule has 0 spiro atoms. The minimum absolute atomic E-state index is 1.10. The first-order chi connectivity index (χ1) is 6.95. The van der Waals surface area contributed by atoms with Gasteiger partial charge in [-0.2, -0.15) is 5.10 Å². The zero-order chi connectivity index (χ0) is 9.64. The second-order valence-corrected chi connectivity index (χ2v) is 3.65. The summed E-state index contributed by atoms with van der Waals surface area (Å²) in [7, 11) is 0. The van der Waals surface area contributed by atoms with E-state index in [1.54, 1.807) is 0 Å². The molecule has 2 rings (SSSR count). The normalized spacial score (nSPS) is 23.7. The maximum absolute atomic E-state index is 4.37. The van der Waals surface area contributed by atoms with Gasteiger partial charge in [-0.05, 0) is 44.3 Å². The van der Waals surface area contributed by atoms with E-state index in [1.807, 2.05) is 0 Å². The summed E-state index contributed by atoms with van der Waals surface area (Å²) < 4.78 is 0. The van der Waals surface area contributed by atoms with E-state index in [-0.39, 0.29) is 0 Å². The molecule has 0 aromatic rings. The number of hydrogen-bond donors (Lipinski definition) is 1. The average molecular weight is 188 g/mol. The highest BCUT2D eigenvalue weighted by molar-refractivity contribution is 5.95. The van der Waals surface area contributed by atoms with Crippen LogP contribution < -0.4 is 5.43 Å². The molecular formula is C12H16N2. The second kappa shape index (κ2) is 4.80. The zero-order valence-electron chi connectivity index (χ0n) is 8.37. The maximum Gasteiger partial charge on any atom is 0.0604 e. The number of nitrogens with one attached hydrogen (secondary N) is 1. The van der Waals surface area contributed by atoms with E-state index >= 15 is 0 Å². The molecule has 0 amide bonds. The topological polar surface area (TPSA) is 24.4 Å². The summed E-state index contributed by atoms with van der Waals surface area (Å²) in [6.45, 7) is 0. The van der Waals surface area contributed by atoms with Crippen molar-refractivity contribution in [2.75, 3.05) is 0 Å². The molecule has 74 valence electrons. The Hall–Kier alpha value is -1.31. The predicted octanol–water partition coefficient (Wildman–Crippen LogP) is 2.91. The van der Waals surface area contributed by atoms with Gasteiger partial charge in [0.05, 0.1) is 11.4 Å². The molecule has 0 fully saturated rings. The maximum atomic E-state index is 4.37. The Balaban J connectivity index is 1.91. The number of allylic oxidation sites excluding steroid dienone is 5. The van der Waals surface area contributed by atoms with E-state index in [9.17, 15) is 0 Å². The molecule has 2 nitrogen and oxygen atoms in total. The van der Waals surface area contributed by atoms with Gasteiger partial charge in [-0.1, -0.05) is 18.2 Å². The van der Waals surface area contributed by atoms with Gasteiger partial charge in [0, 0.05) is 0 Å². The highest BCUT2D eigenvalue weighted by atomic mass is 15.3. The van der Waals surface area contributed by atoms with Gasteiger partial charge in [-0.25, -0.2) is 0 Å². The van der Waals surface area contributed by atoms with Gasteiger partial charge < -0.3 is 0 Å². The minimum Gasteiger partial charge on any atom is -0.279 e. The van der Waals surface area contributed by atoms with E-state index in [0.29, 0.717) is 0 Å². The van der Waals surface area contributed by atoms with Crippen molar-refractivity contribution >= 4 is 5.71 Å². The van der Waals surface area contributed by atoms with Gasteiger partial charge >= 0.3 is 0 Å². The third-order valence-corrected chi connectivity index (χ3v) is 2.44. The van der Waals surface area contributed by atoms with Crippen LogP contribution >= 0.6 is 0 Å². The Morgan fingerprint density at radius 1 is 1.07 bits per heavy atom. The van der Waals surface area contributed by atoms with Crippen molar-refractivity contribution in [1.82, 2.24) is 5.43 Å². The van der Waals surface area contributed by atoms with Gasteiger partial charge in [0.25, 0.3) is 0 Å². The van der Waals surface area contributed by atoms with Crippen LogP contribution in [-0.4, -0.2) is 5.71 Å². The van der Waals surface area contributed by atoms with Crippen LogP contribution in [0.1, 0.15) is 32.1 Å². The number of hydrogen-bond acceptors (Lipinski definition) is 2. The fourth-order valence-electron chi connectivity index (χ4n) is 1.63. The molecule has 0 saturated heterocycles. The molecule has 14 heavy (non-hydrogen) atoms. The summed E-state index contributed by atoms with van der Waals surface area (Å²) in [5, 5.41) is 4.37. The smallest absolute Gasteiger partial charge is 0.0604 e. The molecule has 0 unspecified atom stereocenters. The van der Waals surface area contributed by atoms with Crippen molar-refractivity contribution in [3.05, 3.63) is 36.1 Å². The SMILES string of the molecule is C1=CC(N/N=C2/C=CCCC2)=CCC1. The van der Waals surface area contributed by atoms with E-state index in [1.165, 1.54) is 12.8 Å². The second-order valence-electron chi connectivity index (χ2n) is 3.65. The van der Waals surface area contributed by atoms with E-state index in [0.717, 1.165) is 30.7 Å². The molecule has 0 heterocycles. The molecule has 2 heteroatoms. The van der Waals surface area contributed by atoms with Crippen LogP contribution in [0.15, 0.2) is 41.2 Å². The van der Waals surface area contributed by atoms with Crippen molar-refractivity contribution < 1.29 is 0 Å². The first kappa shape index (κ1) is 9.25. The number of rotatable bonds is 2. The summed E-state index contributed by atoms with van der Waals surface area (Å²) in [6.07, 6.45) is 16.6. The van der Waals surface area contributed by atoms with Crippen molar-refractivity contribution in [2.24, 2.45) is 5.10 Å². The minimum atomic E-state index is 1.10. The quantitative estimate of drug-likeness (QED) is 0.662. The third kappa shape index (κ3) is 2.59. The Kier molecular flexibility index (Phi) is 3.17. The lowest BCUT2D eigenvalue weighted by atomic mass is 10.1. The first-order valence-corrected chi connectivity index (χ1v) is 5.31. The largest absolute Gasteiger partial charge is 0.279 e. The fraction of sp³-hybridized carbons (Fsp3) is 0.417. The van der Waals surface area contributed by atoms with Crippen LogP contribution in [0.25, 0.3) is 0 Å². The van der Waals surface area contributed by atoms with Gasteiger partial charge in [0.15, 0.2) is 0 Å². The van der Waals surface area contributed by atoms with Gasteiger partial charge in [0.2, 0.25) is 0 Å². The molecule has 0 aromatic carbocycles. The van der Waals surface area contributed by atoms with Crippen molar-refractivity contribution in [1.29, 1.82) is 0 Å². The van der Waals surface area contributed by atoms with Crippen molar-refractivity contribution in [2.45, 2.75) is 32.1 Å². The van der Waals surface area contributed by atoms with E-state index in [4.69, 9.17) is 0 Å². The predicted molar refractivity (Wildman–Crippen MR) is 60.0 cm³/mol. The Labute approximate surface area is 85.1 Å². The molecule has 0 aromatic heterocycles. The molecule has 0 bridgehead atoms. The zero-order valence-corrected chi connectivity index (χ0v) is 8.37. The van der Waals surface area contributed by atoms with Gasteiger partial charge in [-0.3, -0.25) is 5.43 Å². The molecule has 0 saturated carbocycles. The molecule has 0 aliphatic heterocycles. The Morgan fingerprint density at radius 2 is 2.00 bits per heavy atom. The van der Waals surface area contributed by atoms with Crippen molar-refractivity contribution in [3.63, 3.8) is 0 Å². The third-order valence-electron chi connectivity index (χ3n) is 2.44. The average Bonchev–Trinajstić information content (AvgIpc) is 2.29. The van der Waals surface area contributed by atoms with E-state index in [2.05, 4.69) is 40.9 Å². The Bertz CT molecular complexity index is 308. The molecule has 0 atom stereocenters. The van der Waals surface area contributed by atoms with Crippen molar-refractivity contribution in [3.8, 4) is 0 Å². The standard InChI is InChI=1S/C12H16N2/c1-3-7-11(8-4-1)13-14-12-9-5-2-6-10-12/h3,5,7-9,13H,1-2,4,6,10H2/b14-12-. The van der Waals surface area contributed by atoms with E-state index < -0.39 is 0 Å². The van der Waals surface area contributed by atoms with Crippen LogP contribution in [0.4, 0.5) is 0 Å². The molecule has 1 N–H and O–H groups in total. The lowest BCUT2D eigenvalue weighted by molar-refractivity contribution is 0.836. The summed E-state index contributed by atoms with van der Waals surface area (Å²) in [6, 6.07) is 0. The fourth-order valence-corrected chi connectivity index (χ4v) is 1.63. The first-order valence-electron chi connectivity index (χ1n) is 5.31. The molecular weight excluding hydrogens is 172 g/mol. The van der Waals surface area contributed by atoms with Gasteiger partial charge in [0.1, 0.15) is 0 Å². The summed E-state index contributed by atoms with van der Waals surface area (Å²) in [5.74, 6) is 0. The lowest BCUT2D eigenvalue weighted by Gasteiger charge is -2.09. The number of hydrazone groups is 1. The van der Waals surface area contributed by atoms with Crippen LogP contribution in [0, 0.1) is 0 Å². The molecule has 2 aliphatic rings. The molecule has 2 aliphatic carbocycles. The highest BCUT2D eigenvalue weighted by Gasteiger charge is 2.00. The Morgan fingerprint density at radius 3 is 2.71 bits per heavy atom. The van der Waals surface area contributed by atoms with Gasteiger partial charge in [-0.15, -0.1) is 0 Å². The highest BCUT2D eigenvalue weighted by Crippen LogP contribution is 2.09. The summed E-state index contributed by atoms with van der Waals surface area (Å²) in [5.41, 5.74) is 5.39. The van der Waals surface area contributed by atoms with Crippen LogP contribution in [0.3, 0.4) is 0 Å². The lowest BCUT2D eigenvalue weighted by Crippen LogP contribution is -2.10. The molecule has 0 radical (unpaired) electrons. The van der Waals surface area contributed by atoms with Crippen LogP contribution in [0.5, 0.6) is 0 Å². The van der Waals surface area contributed by atoms with Crippen LogP contribution in [0.2, 0.25) is 0 Å². The summed E-state index contributed by atoms with van der Waals surface area (Å²) >= 11 is 0. The number of nitrogens with zero attached hydrogens (tertiary/aromatic N) is 1. The van der Waals surface area contributed by atoms with Crippen LogP contribution in [-0.2, 0) is 0 Å².